The lowest BCUT2D eigenvalue weighted by Gasteiger charge is -2.42. The number of rotatable bonds is 11. The van der Waals surface area contributed by atoms with E-state index >= 15 is 0 Å². The number of carbonyl (C=O) groups is 1. The molecule has 0 unspecified atom stereocenters. The highest BCUT2D eigenvalue weighted by Crippen LogP contribution is 2.45. The Morgan fingerprint density at radius 1 is 0.758 bits per heavy atom. The predicted molar refractivity (Wildman–Crippen MR) is 146 cm³/mol. The van der Waals surface area contributed by atoms with Crippen molar-refractivity contribution in [2.45, 2.75) is 116 Å². The van der Waals surface area contributed by atoms with E-state index in [-0.39, 0.29) is 11.7 Å². The van der Waals surface area contributed by atoms with Gasteiger partial charge in [-0.1, -0.05) is 83.1 Å². The summed E-state index contributed by atoms with van der Waals surface area (Å²) in [7, 11) is -4.52. The fourth-order valence-corrected chi connectivity index (χ4v) is 16.4. The number of phenolic OH excluding ortho intramolecular Hbond substituents is 1. The van der Waals surface area contributed by atoms with E-state index < -0.39 is 16.6 Å². The third-order valence-corrected chi connectivity index (χ3v) is 19.3. The molecule has 0 saturated carbocycles. The van der Waals surface area contributed by atoms with Crippen molar-refractivity contribution in [2.75, 3.05) is 0 Å². The van der Waals surface area contributed by atoms with Gasteiger partial charge in [0.05, 0.1) is 0 Å². The molecule has 0 bridgehead atoms. The molecule has 1 rings (SSSR count). The van der Waals surface area contributed by atoms with Crippen LogP contribution < -0.4 is 4.43 Å². The van der Waals surface area contributed by atoms with E-state index in [4.69, 9.17) is 8.85 Å². The van der Waals surface area contributed by atoms with Crippen LogP contribution in [-0.2, 0) is 9.22 Å². The van der Waals surface area contributed by atoms with E-state index in [1.807, 2.05) is 6.07 Å². The zero-order valence-corrected chi connectivity index (χ0v) is 25.0. The Morgan fingerprint density at radius 2 is 1.18 bits per heavy atom. The van der Waals surface area contributed by atoms with Crippen molar-refractivity contribution in [3.05, 3.63) is 29.8 Å². The first kappa shape index (κ1) is 29.5. The molecule has 0 heterocycles. The zero-order chi connectivity index (χ0) is 25.7. The van der Waals surface area contributed by atoms with Gasteiger partial charge in [-0.15, -0.1) is 0 Å². The quantitative estimate of drug-likeness (QED) is 0.248. The van der Waals surface area contributed by atoms with Gasteiger partial charge in [-0.25, -0.2) is 4.79 Å². The average Bonchev–Trinajstić information content (AvgIpc) is 2.67. The second kappa shape index (κ2) is 11.7. The lowest BCUT2D eigenvalue weighted by atomic mass is 10.2. The van der Waals surface area contributed by atoms with Crippen molar-refractivity contribution in [2.24, 2.45) is 0 Å². The summed E-state index contributed by atoms with van der Waals surface area (Å²) >= 11 is 0. The van der Waals surface area contributed by atoms with E-state index in [0.29, 0.717) is 39.0 Å². The summed E-state index contributed by atoms with van der Waals surface area (Å²) in [5.74, 6) is 0.508. The minimum atomic E-state index is -2.30. The van der Waals surface area contributed by atoms with Crippen LogP contribution in [0.3, 0.4) is 0 Å². The molecule has 0 saturated heterocycles. The maximum atomic E-state index is 13.0. The summed E-state index contributed by atoms with van der Waals surface area (Å²) in [6.45, 7) is 26.4. The minimum Gasteiger partial charge on any atom is -0.542 e. The van der Waals surface area contributed by atoms with E-state index in [9.17, 15) is 9.90 Å². The van der Waals surface area contributed by atoms with Crippen molar-refractivity contribution >= 4 is 28.7 Å². The van der Waals surface area contributed by atoms with Gasteiger partial charge < -0.3 is 14.0 Å². The molecule has 0 amide bonds. The van der Waals surface area contributed by atoms with Gasteiger partial charge in [-0.3, -0.25) is 0 Å². The van der Waals surface area contributed by atoms with Crippen molar-refractivity contribution in [3.8, 4) is 11.5 Å². The van der Waals surface area contributed by atoms with Crippen LogP contribution in [-0.4, -0.2) is 27.7 Å². The normalized spacial score (nSPS) is 13.4. The maximum Gasteiger partial charge on any atom is 0.317 e. The molecule has 1 aromatic rings. The average molecular weight is 493 g/mol. The first-order chi connectivity index (χ1) is 15.1. The predicted octanol–water partition coefficient (Wildman–Crippen LogP) is 8.68. The van der Waals surface area contributed by atoms with Crippen LogP contribution in [0.1, 0.15) is 88.6 Å². The zero-order valence-electron chi connectivity index (χ0n) is 23.0. The third kappa shape index (κ3) is 6.33. The lowest BCUT2D eigenvalue weighted by molar-refractivity contribution is -0.130. The molecular formula is C27H48O4Si2. The maximum absolute atomic E-state index is 13.0. The van der Waals surface area contributed by atoms with Crippen LogP contribution in [0.15, 0.2) is 24.3 Å². The van der Waals surface area contributed by atoms with Crippen LogP contribution in [0.2, 0.25) is 33.2 Å². The second-order valence-corrected chi connectivity index (χ2v) is 22.0. The summed E-state index contributed by atoms with van der Waals surface area (Å²) in [5, 5.41) is 10.2. The van der Waals surface area contributed by atoms with Crippen LogP contribution in [0.25, 0.3) is 6.08 Å². The molecule has 0 aliphatic rings. The van der Waals surface area contributed by atoms with Gasteiger partial charge in [0.1, 0.15) is 11.5 Å². The van der Waals surface area contributed by atoms with E-state index in [0.717, 1.165) is 5.56 Å². The Labute approximate surface area is 205 Å². The molecule has 0 aliphatic heterocycles. The molecule has 6 heteroatoms. The van der Waals surface area contributed by atoms with Crippen molar-refractivity contribution < 1.29 is 18.8 Å². The number of aromatic hydroxyl groups is 1. The second-order valence-electron chi connectivity index (χ2n) is 11.2. The number of hydrogen-bond acceptors (Lipinski definition) is 4. The van der Waals surface area contributed by atoms with Crippen molar-refractivity contribution in [1.82, 2.24) is 0 Å². The van der Waals surface area contributed by atoms with Gasteiger partial charge in [0.25, 0.3) is 16.6 Å². The van der Waals surface area contributed by atoms with Gasteiger partial charge in [0.2, 0.25) is 0 Å². The lowest BCUT2D eigenvalue weighted by Crippen LogP contribution is -2.50. The van der Waals surface area contributed by atoms with E-state index in [1.54, 1.807) is 18.2 Å². The summed E-state index contributed by atoms with van der Waals surface area (Å²) in [6.07, 6.45) is 3.30. The summed E-state index contributed by atoms with van der Waals surface area (Å²) < 4.78 is 13.1. The SMILES string of the molecule is CC(C)[Si](OC(=O)/C=C/c1ccc(O)cc1O[Si](C(C)C)(C(C)C)C(C)C)(C(C)C)C(C)C. The number of phenols is 1. The Hall–Kier alpha value is -1.54. The molecular weight excluding hydrogens is 444 g/mol. The Balaban J connectivity index is 3.36. The van der Waals surface area contributed by atoms with Gasteiger partial charge >= 0.3 is 5.97 Å². The van der Waals surface area contributed by atoms with Crippen molar-refractivity contribution in [1.29, 1.82) is 0 Å². The van der Waals surface area contributed by atoms with Gasteiger partial charge in [-0.05, 0) is 51.5 Å². The first-order valence-electron chi connectivity index (χ1n) is 12.6. The topological polar surface area (TPSA) is 55.8 Å². The number of hydrogen-bond donors (Lipinski definition) is 1. The van der Waals surface area contributed by atoms with Gasteiger partial charge in [0, 0.05) is 17.7 Å². The summed E-state index contributed by atoms with van der Waals surface area (Å²) in [6, 6.07) is 5.12. The molecule has 0 atom stereocenters. The molecule has 0 spiro atoms. The molecule has 0 aromatic heterocycles. The van der Waals surface area contributed by atoms with Crippen molar-refractivity contribution in [3.63, 3.8) is 0 Å². The highest BCUT2D eigenvalue weighted by atomic mass is 28.4. The number of benzene rings is 1. The fraction of sp³-hybridized carbons (Fsp3) is 0.667. The highest BCUT2D eigenvalue weighted by Gasteiger charge is 2.48. The molecule has 188 valence electrons. The Morgan fingerprint density at radius 3 is 1.58 bits per heavy atom. The van der Waals surface area contributed by atoms with Crippen LogP contribution in [0.4, 0.5) is 0 Å². The first-order valence-corrected chi connectivity index (χ1v) is 16.8. The van der Waals surface area contributed by atoms with Crippen LogP contribution in [0.5, 0.6) is 11.5 Å². The summed E-state index contributed by atoms with van der Waals surface area (Å²) in [5.41, 5.74) is 2.98. The largest absolute Gasteiger partial charge is 0.542 e. The van der Waals surface area contributed by atoms with E-state index in [2.05, 4.69) is 83.1 Å². The number of carbonyl (C=O) groups excluding carboxylic acids is 1. The highest BCUT2D eigenvalue weighted by molar-refractivity contribution is 6.79. The molecule has 1 aromatic carbocycles. The molecule has 1 N–H and O–H groups in total. The third-order valence-electron chi connectivity index (χ3n) is 7.37. The van der Waals surface area contributed by atoms with Crippen LogP contribution >= 0.6 is 0 Å². The van der Waals surface area contributed by atoms with Crippen LogP contribution in [0, 0.1) is 0 Å². The monoisotopic (exact) mass is 492 g/mol. The Bertz CT molecular complexity index is 767. The van der Waals surface area contributed by atoms with E-state index in [1.165, 1.54) is 6.08 Å². The molecule has 0 fully saturated rings. The molecule has 0 aliphatic carbocycles. The fourth-order valence-electron chi connectivity index (χ4n) is 6.01. The Kier molecular flexibility index (Phi) is 10.5. The molecule has 33 heavy (non-hydrogen) atoms. The van der Waals surface area contributed by atoms with Gasteiger partial charge in [-0.2, -0.15) is 0 Å². The molecule has 0 radical (unpaired) electrons. The minimum absolute atomic E-state index is 0.162. The smallest absolute Gasteiger partial charge is 0.317 e. The van der Waals surface area contributed by atoms with Gasteiger partial charge in [0.15, 0.2) is 0 Å². The molecule has 4 nitrogen and oxygen atoms in total. The summed E-state index contributed by atoms with van der Waals surface area (Å²) in [4.78, 5) is 13.0. The standard InChI is InChI=1S/C27H48O4Si2/c1-18(2)32(19(3)4,20(5)6)30-26-17-25(28)15-13-24(26)14-16-27(29)31-33(21(7)8,22(9)10)23(11)12/h13-23,28H,1-12H3/b16-14+.